The molecule has 0 aliphatic rings. The van der Waals surface area contributed by atoms with Crippen LogP contribution in [0.4, 0.5) is 5.69 Å². The molecule has 0 fully saturated rings. The number of hydrogen-bond acceptors (Lipinski definition) is 4. The summed E-state index contributed by atoms with van der Waals surface area (Å²) in [6.45, 7) is 1.40. The van der Waals surface area contributed by atoms with Crippen molar-refractivity contribution >= 4 is 21.6 Å². The third kappa shape index (κ3) is 4.40. The Hall–Kier alpha value is -1.79. The van der Waals surface area contributed by atoms with E-state index >= 15 is 0 Å². The van der Waals surface area contributed by atoms with Gasteiger partial charge in [0.15, 0.2) is 0 Å². The number of pyridine rings is 1. The Labute approximate surface area is 125 Å². The van der Waals surface area contributed by atoms with Gasteiger partial charge in [0.1, 0.15) is 0 Å². The van der Waals surface area contributed by atoms with Crippen molar-refractivity contribution < 1.29 is 4.92 Å². The average Bonchev–Trinajstić information content (AvgIpc) is 2.44. The zero-order valence-electron chi connectivity index (χ0n) is 10.8. The van der Waals surface area contributed by atoms with Crippen molar-refractivity contribution in [2.24, 2.45) is 0 Å². The molecule has 0 aliphatic heterocycles. The molecular weight excluding hydrogens is 322 g/mol. The number of nitrogens with zero attached hydrogens (tertiary/aromatic N) is 2. The highest BCUT2D eigenvalue weighted by atomic mass is 79.9. The lowest BCUT2D eigenvalue weighted by Crippen LogP contribution is -2.16. The highest BCUT2D eigenvalue weighted by molar-refractivity contribution is 9.10. The van der Waals surface area contributed by atoms with Gasteiger partial charge in [0.25, 0.3) is 5.69 Å². The summed E-state index contributed by atoms with van der Waals surface area (Å²) >= 11 is 3.29. The molecule has 104 valence electrons. The van der Waals surface area contributed by atoms with Gasteiger partial charge in [-0.25, -0.2) is 0 Å². The second-order valence-corrected chi connectivity index (χ2v) is 5.28. The lowest BCUT2D eigenvalue weighted by atomic mass is 10.2. The maximum atomic E-state index is 10.8. The number of nitrogens with one attached hydrogen (secondary N) is 1. The minimum absolute atomic E-state index is 0.100. The van der Waals surface area contributed by atoms with Crippen LogP contribution in [0, 0.1) is 10.1 Å². The van der Waals surface area contributed by atoms with Crippen molar-refractivity contribution in [3.8, 4) is 0 Å². The lowest BCUT2D eigenvalue weighted by molar-refractivity contribution is -0.385. The first-order valence-electron chi connectivity index (χ1n) is 6.18. The van der Waals surface area contributed by atoms with E-state index in [1.165, 1.54) is 11.6 Å². The standard InChI is InChI=1S/C14H14BrN3O2/c15-13-6-12(7-14(8-13)18(19)20)10-17-5-3-11-2-1-4-16-9-11/h1-2,4,6-9,17H,3,5,10H2. The molecule has 0 saturated carbocycles. The number of aromatic nitrogens is 1. The number of hydrogen-bond donors (Lipinski definition) is 1. The van der Waals surface area contributed by atoms with Crippen molar-refractivity contribution in [2.75, 3.05) is 6.54 Å². The molecule has 1 aromatic heterocycles. The minimum Gasteiger partial charge on any atom is -0.312 e. The van der Waals surface area contributed by atoms with Crippen molar-refractivity contribution in [1.82, 2.24) is 10.3 Å². The van der Waals surface area contributed by atoms with Crippen LogP contribution in [0.5, 0.6) is 0 Å². The summed E-state index contributed by atoms with van der Waals surface area (Å²) < 4.78 is 0.718. The molecule has 1 heterocycles. The van der Waals surface area contributed by atoms with E-state index in [2.05, 4.69) is 26.2 Å². The number of rotatable bonds is 6. The molecule has 0 bridgehead atoms. The van der Waals surface area contributed by atoms with Crippen LogP contribution in [0.1, 0.15) is 11.1 Å². The first-order chi connectivity index (χ1) is 9.65. The number of nitro groups is 1. The molecule has 0 amide bonds. The lowest BCUT2D eigenvalue weighted by Gasteiger charge is -2.05. The molecule has 0 unspecified atom stereocenters. The van der Waals surface area contributed by atoms with Gasteiger partial charge in [-0.1, -0.05) is 22.0 Å². The third-order valence-corrected chi connectivity index (χ3v) is 3.25. The van der Waals surface area contributed by atoms with Gasteiger partial charge in [-0.15, -0.1) is 0 Å². The van der Waals surface area contributed by atoms with E-state index in [0.717, 1.165) is 23.0 Å². The van der Waals surface area contributed by atoms with Crippen molar-refractivity contribution in [3.05, 3.63) is 68.4 Å². The topological polar surface area (TPSA) is 68.1 Å². The fourth-order valence-corrected chi connectivity index (χ4v) is 2.38. The molecule has 20 heavy (non-hydrogen) atoms. The molecule has 1 aromatic carbocycles. The van der Waals surface area contributed by atoms with Gasteiger partial charge in [0.05, 0.1) is 4.92 Å². The van der Waals surface area contributed by atoms with Gasteiger partial charge in [-0.2, -0.15) is 0 Å². The van der Waals surface area contributed by atoms with E-state index in [-0.39, 0.29) is 10.6 Å². The summed E-state index contributed by atoms with van der Waals surface area (Å²) in [6.07, 6.45) is 4.47. The molecular formula is C14H14BrN3O2. The van der Waals surface area contributed by atoms with Crippen molar-refractivity contribution in [2.45, 2.75) is 13.0 Å². The molecule has 1 N–H and O–H groups in total. The minimum atomic E-state index is -0.385. The third-order valence-electron chi connectivity index (χ3n) is 2.80. The maximum Gasteiger partial charge on any atom is 0.270 e. The van der Waals surface area contributed by atoms with Gasteiger partial charge in [0.2, 0.25) is 0 Å². The van der Waals surface area contributed by atoms with Crippen LogP contribution >= 0.6 is 15.9 Å². The number of benzene rings is 1. The van der Waals surface area contributed by atoms with Crippen LogP contribution in [-0.4, -0.2) is 16.5 Å². The molecule has 2 aromatic rings. The molecule has 2 rings (SSSR count). The van der Waals surface area contributed by atoms with Crippen molar-refractivity contribution in [1.29, 1.82) is 0 Å². The molecule has 0 spiro atoms. The normalized spacial score (nSPS) is 10.4. The number of non-ortho nitro benzene ring substituents is 1. The van der Waals surface area contributed by atoms with Crippen LogP contribution < -0.4 is 5.32 Å². The van der Waals surface area contributed by atoms with E-state index < -0.39 is 0 Å². The zero-order chi connectivity index (χ0) is 14.4. The molecule has 5 nitrogen and oxygen atoms in total. The van der Waals surface area contributed by atoms with Crippen LogP contribution in [-0.2, 0) is 13.0 Å². The predicted octanol–water partition coefficient (Wildman–Crippen LogP) is 3.08. The Morgan fingerprint density at radius 2 is 2.15 bits per heavy atom. The quantitative estimate of drug-likeness (QED) is 0.500. The zero-order valence-corrected chi connectivity index (χ0v) is 12.3. The summed E-state index contributed by atoms with van der Waals surface area (Å²) in [5.41, 5.74) is 2.15. The summed E-state index contributed by atoms with van der Waals surface area (Å²) in [7, 11) is 0. The first kappa shape index (κ1) is 14.6. The fraction of sp³-hybridized carbons (Fsp3) is 0.214. The summed E-state index contributed by atoms with van der Waals surface area (Å²) in [5.74, 6) is 0. The molecule has 0 aliphatic carbocycles. The van der Waals surface area contributed by atoms with Gasteiger partial charge in [-0.3, -0.25) is 15.1 Å². The first-order valence-corrected chi connectivity index (χ1v) is 6.98. The monoisotopic (exact) mass is 335 g/mol. The van der Waals surface area contributed by atoms with Gasteiger partial charge < -0.3 is 5.32 Å². The van der Waals surface area contributed by atoms with E-state index in [4.69, 9.17) is 0 Å². The Kier molecular flexibility index (Phi) is 5.20. The average molecular weight is 336 g/mol. The van der Waals surface area contributed by atoms with Crippen molar-refractivity contribution in [3.63, 3.8) is 0 Å². The van der Waals surface area contributed by atoms with Crippen LogP contribution in [0.2, 0.25) is 0 Å². The van der Waals surface area contributed by atoms with E-state index in [1.807, 2.05) is 24.4 Å². The smallest absolute Gasteiger partial charge is 0.270 e. The Bertz CT molecular complexity index is 590. The largest absolute Gasteiger partial charge is 0.312 e. The predicted molar refractivity (Wildman–Crippen MR) is 80.4 cm³/mol. The van der Waals surface area contributed by atoms with Crippen LogP contribution in [0.3, 0.4) is 0 Å². The highest BCUT2D eigenvalue weighted by Crippen LogP contribution is 2.21. The highest BCUT2D eigenvalue weighted by Gasteiger charge is 2.08. The second kappa shape index (κ2) is 7.12. The second-order valence-electron chi connectivity index (χ2n) is 4.36. The fourth-order valence-electron chi connectivity index (χ4n) is 1.85. The van der Waals surface area contributed by atoms with Gasteiger partial charge in [-0.05, 0) is 36.2 Å². The number of nitro benzene ring substituents is 1. The van der Waals surface area contributed by atoms with Gasteiger partial charge >= 0.3 is 0 Å². The van der Waals surface area contributed by atoms with E-state index in [9.17, 15) is 10.1 Å². The Balaban J connectivity index is 1.86. The molecule has 6 heteroatoms. The molecule has 0 radical (unpaired) electrons. The maximum absolute atomic E-state index is 10.8. The molecule has 0 atom stereocenters. The van der Waals surface area contributed by atoms with E-state index in [0.29, 0.717) is 6.54 Å². The summed E-state index contributed by atoms with van der Waals surface area (Å²) in [5, 5.41) is 14.1. The van der Waals surface area contributed by atoms with Gasteiger partial charge in [0, 0.05) is 35.5 Å². The molecule has 0 saturated heterocycles. The Morgan fingerprint density at radius 1 is 1.30 bits per heavy atom. The summed E-state index contributed by atoms with van der Waals surface area (Å²) in [6, 6.07) is 8.90. The van der Waals surface area contributed by atoms with E-state index in [1.54, 1.807) is 12.3 Å². The summed E-state index contributed by atoms with van der Waals surface area (Å²) in [4.78, 5) is 14.4. The SMILES string of the molecule is O=[N+]([O-])c1cc(Br)cc(CNCCc2cccnc2)c1. The van der Waals surface area contributed by atoms with Crippen LogP contribution in [0.15, 0.2) is 47.2 Å². The number of halogens is 1. The Morgan fingerprint density at radius 3 is 2.85 bits per heavy atom. The van der Waals surface area contributed by atoms with Crippen LogP contribution in [0.25, 0.3) is 0 Å².